The average molecular weight is 366 g/mol. The van der Waals surface area contributed by atoms with Crippen LogP contribution in [0, 0.1) is 0 Å². The summed E-state index contributed by atoms with van der Waals surface area (Å²) in [4.78, 5) is 12.0. The molecule has 0 bridgehead atoms. The summed E-state index contributed by atoms with van der Waals surface area (Å²) >= 11 is 12.0. The van der Waals surface area contributed by atoms with Crippen LogP contribution in [0.5, 0.6) is 11.5 Å². The maximum atomic E-state index is 12.0. The van der Waals surface area contributed by atoms with Crippen molar-refractivity contribution in [1.82, 2.24) is 5.32 Å². The second-order valence-corrected chi connectivity index (χ2v) is 5.73. The minimum Gasteiger partial charge on any atom is -0.493 e. The number of benzene rings is 2. The SMILES string of the molecule is C=CCNC(=O)c1ccc(OCc2ccc(Cl)cc2Cl)c(OC)c1. The summed E-state index contributed by atoms with van der Waals surface area (Å²) in [6.45, 7) is 4.22. The molecule has 0 heterocycles. The van der Waals surface area contributed by atoms with Crippen LogP contribution in [-0.2, 0) is 6.61 Å². The number of carbonyl (C=O) groups is 1. The quantitative estimate of drug-likeness (QED) is 0.734. The highest BCUT2D eigenvalue weighted by atomic mass is 35.5. The molecule has 4 nitrogen and oxygen atoms in total. The van der Waals surface area contributed by atoms with Crippen LogP contribution in [0.15, 0.2) is 49.1 Å². The first kappa shape index (κ1) is 18.2. The molecular weight excluding hydrogens is 349 g/mol. The van der Waals surface area contributed by atoms with Gasteiger partial charge in [-0.15, -0.1) is 6.58 Å². The van der Waals surface area contributed by atoms with E-state index in [4.69, 9.17) is 32.7 Å². The molecule has 6 heteroatoms. The van der Waals surface area contributed by atoms with Crippen molar-refractivity contribution in [2.75, 3.05) is 13.7 Å². The highest BCUT2D eigenvalue weighted by Gasteiger charge is 2.11. The van der Waals surface area contributed by atoms with E-state index in [2.05, 4.69) is 11.9 Å². The zero-order chi connectivity index (χ0) is 17.5. The Hall–Kier alpha value is -2.17. The molecule has 0 atom stereocenters. The van der Waals surface area contributed by atoms with Crippen molar-refractivity contribution in [3.63, 3.8) is 0 Å². The third kappa shape index (κ3) is 4.66. The van der Waals surface area contributed by atoms with E-state index in [1.165, 1.54) is 7.11 Å². The third-order valence-corrected chi connectivity index (χ3v) is 3.82. The summed E-state index contributed by atoms with van der Waals surface area (Å²) in [7, 11) is 1.52. The molecule has 0 fully saturated rings. The van der Waals surface area contributed by atoms with Crippen LogP contribution in [0.2, 0.25) is 10.0 Å². The third-order valence-electron chi connectivity index (χ3n) is 3.23. The monoisotopic (exact) mass is 365 g/mol. The predicted octanol–water partition coefficient (Wildman–Crippen LogP) is 4.50. The van der Waals surface area contributed by atoms with Crippen molar-refractivity contribution >= 4 is 29.1 Å². The Morgan fingerprint density at radius 3 is 2.67 bits per heavy atom. The van der Waals surface area contributed by atoms with Gasteiger partial charge in [-0.25, -0.2) is 0 Å². The Kier molecular flexibility index (Phi) is 6.53. The van der Waals surface area contributed by atoms with Gasteiger partial charge in [-0.1, -0.05) is 35.3 Å². The molecule has 0 spiro atoms. The van der Waals surface area contributed by atoms with Crippen molar-refractivity contribution in [1.29, 1.82) is 0 Å². The minimum absolute atomic E-state index is 0.208. The molecule has 0 unspecified atom stereocenters. The van der Waals surface area contributed by atoms with Gasteiger partial charge in [0.2, 0.25) is 0 Å². The fourth-order valence-electron chi connectivity index (χ4n) is 1.99. The number of amides is 1. The second kappa shape index (κ2) is 8.62. The molecule has 0 aliphatic rings. The normalized spacial score (nSPS) is 10.1. The van der Waals surface area contributed by atoms with Crippen LogP contribution in [-0.4, -0.2) is 19.6 Å². The lowest BCUT2D eigenvalue weighted by molar-refractivity contribution is 0.0957. The molecular formula is C18H17Cl2NO3. The largest absolute Gasteiger partial charge is 0.493 e. The van der Waals surface area contributed by atoms with Crippen LogP contribution in [0.25, 0.3) is 0 Å². The molecule has 126 valence electrons. The minimum atomic E-state index is -0.208. The van der Waals surface area contributed by atoms with E-state index in [9.17, 15) is 4.79 Å². The van der Waals surface area contributed by atoms with Gasteiger partial charge in [-0.3, -0.25) is 4.79 Å². The van der Waals surface area contributed by atoms with E-state index in [1.807, 2.05) is 0 Å². The number of halogens is 2. The summed E-state index contributed by atoms with van der Waals surface area (Å²) in [6.07, 6.45) is 1.61. The van der Waals surface area contributed by atoms with E-state index in [1.54, 1.807) is 42.5 Å². The van der Waals surface area contributed by atoms with E-state index in [-0.39, 0.29) is 12.5 Å². The van der Waals surface area contributed by atoms with Gasteiger partial charge in [0.05, 0.1) is 7.11 Å². The molecule has 2 rings (SSSR count). The fourth-order valence-corrected chi connectivity index (χ4v) is 2.45. The van der Waals surface area contributed by atoms with Crippen LogP contribution in [0.1, 0.15) is 15.9 Å². The maximum Gasteiger partial charge on any atom is 0.251 e. The molecule has 0 aliphatic heterocycles. The van der Waals surface area contributed by atoms with Gasteiger partial charge in [0.15, 0.2) is 11.5 Å². The van der Waals surface area contributed by atoms with Gasteiger partial charge >= 0.3 is 0 Å². The first-order chi connectivity index (χ1) is 11.5. The molecule has 2 aromatic carbocycles. The lowest BCUT2D eigenvalue weighted by atomic mass is 10.2. The highest BCUT2D eigenvalue weighted by molar-refractivity contribution is 6.35. The van der Waals surface area contributed by atoms with Gasteiger partial charge in [0.1, 0.15) is 6.61 Å². The van der Waals surface area contributed by atoms with Gasteiger partial charge in [-0.05, 0) is 30.3 Å². The Balaban J connectivity index is 2.12. The Bertz CT molecular complexity index is 747. The first-order valence-electron chi connectivity index (χ1n) is 7.19. The summed E-state index contributed by atoms with van der Waals surface area (Å²) in [5.74, 6) is 0.774. The lowest BCUT2D eigenvalue weighted by Crippen LogP contribution is -2.23. The predicted molar refractivity (Wildman–Crippen MR) is 96.3 cm³/mol. The first-order valence-corrected chi connectivity index (χ1v) is 7.94. The Morgan fingerprint density at radius 2 is 2.00 bits per heavy atom. The fraction of sp³-hybridized carbons (Fsp3) is 0.167. The van der Waals surface area contributed by atoms with Crippen molar-refractivity contribution in [2.24, 2.45) is 0 Å². The van der Waals surface area contributed by atoms with Crippen molar-refractivity contribution in [3.05, 3.63) is 70.2 Å². The topological polar surface area (TPSA) is 47.6 Å². The highest BCUT2D eigenvalue weighted by Crippen LogP contribution is 2.30. The standard InChI is InChI=1S/C18H17Cl2NO3/c1-3-8-21-18(22)12-5-7-16(17(9-12)23-2)24-11-13-4-6-14(19)10-15(13)20/h3-7,9-10H,1,8,11H2,2H3,(H,21,22). The molecule has 0 radical (unpaired) electrons. The number of hydrogen-bond acceptors (Lipinski definition) is 3. The number of nitrogens with one attached hydrogen (secondary N) is 1. The number of rotatable bonds is 7. The molecule has 1 N–H and O–H groups in total. The number of methoxy groups -OCH3 is 1. The van der Waals surface area contributed by atoms with Crippen molar-refractivity contribution in [2.45, 2.75) is 6.61 Å². The zero-order valence-electron chi connectivity index (χ0n) is 13.1. The Labute approximate surface area is 151 Å². The number of ether oxygens (including phenoxy) is 2. The molecule has 2 aromatic rings. The Morgan fingerprint density at radius 1 is 1.21 bits per heavy atom. The van der Waals surface area contributed by atoms with Gasteiger partial charge in [0, 0.05) is 27.7 Å². The zero-order valence-corrected chi connectivity index (χ0v) is 14.7. The smallest absolute Gasteiger partial charge is 0.251 e. The van der Waals surface area contributed by atoms with Gasteiger partial charge < -0.3 is 14.8 Å². The summed E-state index contributed by atoms with van der Waals surface area (Å²) < 4.78 is 11.0. The summed E-state index contributed by atoms with van der Waals surface area (Å²) in [5, 5.41) is 3.80. The molecule has 24 heavy (non-hydrogen) atoms. The molecule has 0 saturated carbocycles. The average Bonchev–Trinajstić information content (AvgIpc) is 2.58. The lowest BCUT2D eigenvalue weighted by Gasteiger charge is -2.13. The molecule has 0 aliphatic carbocycles. The molecule has 1 amide bonds. The second-order valence-electron chi connectivity index (χ2n) is 4.89. The van der Waals surface area contributed by atoms with Crippen molar-refractivity contribution < 1.29 is 14.3 Å². The van der Waals surface area contributed by atoms with Gasteiger partial charge in [-0.2, -0.15) is 0 Å². The summed E-state index contributed by atoms with van der Waals surface area (Å²) in [6, 6.07) is 10.2. The van der Waals surface area contributed by atoms with E-state index >= 15 is 0 Å². The van der Waals surface area contributed by atoms with E-state index in [0.717, 1.165) is 5.56 Å². The van der Waals surface area contributed by atoms with Crippen molar-refractivity contribution in [3.8, 4) is 11.5 Å². The molecule has 0 saturated heterocycles. The van der Waals surface area contributed by atoms with E-state index < -0.39 is 0 Å². The van der Waals surface area contributed by atoms with Crippen LogP contribution < -0.4 is 14.8 Å². The van der Waals surface area contributed by atoms with Crippen LogP contribution in [0.4, 0.5) is 0 Å². The van der Waals surface area contributed by atoms with Crippen LogP contribution in [0.3, 0.4) is 0 Å². The van der Waals surface area contributed by atoms with Gasteiger partial charge in [0.25, 0.3) is 5.91 Å². The van der Waals surface area contributed by atoms with Crippen LogP contribution >= 0.6 is 23.2 Å². The summed E-state index contributed by atoms with van der Waals surface area (Å²) in [5.41, 5.74) is 1.28. The number of hydrogen-bond donors (Lipinski definition) is 1. The molecule has 0 aromatic heterocycles. The number of carbonyl (C=O) groups excluding carboxylic acids is 1. The van der Waals surface area contributed by atoms with E-state index in [0.29, 0.717) is 33.7 Å². The maximum absolute atomic E-state index is 12.0.